The predicted octanol–water partition coefficient (Wildman–Crippen LogP) is 6.16. The minimum absolute atomic E-state index is 0.319. The Morgan fingerprint density at radius 3 is 2.29 bits per heavy atom. The number of hydrogen-bond donors (Lipinski definition) is 1. The first-order valence-electron chi connectivity index (χ1n) is 10.9. The van der Waals surface area contributed by atoms with E-state index in [-0.39, 0.29) is 5.82 Å². The van der Waals surface area contributed by atoms with Crippen molar-refractivity contribution in [3.63, 3.8) is 0 Å². The monoisotopic (exact) mass is 539 g/mol. The zero-order valence-corrected chi connectivity index (χ0v) is 22.0. The van der Waals surface area contributed by atoms with Gasteiger partial charge in [0.05, 0.1) is 23.6 Å². The van der Waals surface area contributed by atoms with Gasteiger partial charge in [-0.15, -0.1) is 0 Å². The third kappa shape index (κ3) is 5.83. The first kappa shape index (κ1) is 25.2. The second-order valence-electron chi connectivity index (χ2n) is 8.37. The van der Waals surface area contributed by atoms with Crippen LogP contribution in [0, 0.1) is 19.7 Å². The molecule has 1 aromatic heterocycles. The average Bonchev–Trinajstić information content (AvgIpc) is 3.05. The summed E-state index contributed by atoms with van der Waals surface area (Å²) in [6.07, 6.45) is 0. The molecule has 1 fully saturated rings. The summed E-state index contributed by atoms with van der Waals surface area (Å²) in [5, 5.41) is 10.4. The molecule has 180 valence electrons. The topological polar surface area (TPSA) is 36.3 Å². The van der Waals surface area contributed by atoms with E-state index in [2.05, 4.69) is 20.2 Å². The van der Waals surface area contributed by atoms with Gasteiger partial charge in [-0.25, -0.2) is 4.39 Å². The number of nitrogens with zero attached hydrogens (tertiary/aromatic N) is 4. The van der Waals surface area contributed by atoms with Gasteiger partial charge in [0.1, 0.15) is 5.82 Å². The third-order valence-corrected chi connectivity index (χ3v) is 7.32. The van der Waals surface area contributed by atoms with Crippen LogP contribution in [0.15, 0.2) is 36.4 Å². The third-order valence-electron chi connectivity index (χ3n) is 6.02. The van der Waals surface area contributed by atoms with Crippen molar-refractivity contribution in [2.75, 3.05) is 31.5 Å². The molecule has 34 heavy (non-hydrogen) atoms. The molecule has 0 saturated carbocycles. The van der Waals surface area contributed by atoms with Gasteiger partial charge in [-0.2, -0.15) is 5.10 Å². The molecule has 0 atom stereocenters. The summed E-state index contributed by atoms with van der Waals surface area (Å²) in [5.41, 5.74) is 4.64. The van der Waals surface area contributed by atoms with Crippen LogP contribution in [0.4, 0.5) is 10.1 Å². The molecule has 1 aliphatic rings. The number of aromatic nitrogens is 2. The minimum atomic E-state index is -0.319. The van der Waals surface area contributed by atoms with Gasteiger partial charge in [0.15, 0.2) is 5.11 Å². The van der Waals surface area contributed by atoms with Gasteiger partial charge in [0.25, 0.3) is 0 Å². The Kier molecular flexibility index (Phi) is 8.00. The van der Waals surface area contributed by atoms with Crippen molar-refractivity contribution in [2.45, 2.75) is 26.9 Å². The number of piperazine rings is 1. The van der Waals surface area contributed by atoms with Gasteiger partial charge in [-0.05, 0) is 61.5 Å². The average molecular weight is 541 g/mol. The van der Waals surface area contributed by atoms with Crippen LogP contribution in [-0.4, -0.2) is 50.9 Å². The predicted molar refractivity (Wildman–Crippen MR) is 142 cm³/mol. The lowest BCUT2D eigenvalue weighted by Crippen LogP contribution is -2.49. The van der Waals surface area contributed by atoms with E-state index in [1.165, 1.54) is 12.1 Å². The van der Waals surface area contributed by atoms with Crippen LogP contribution in [0.2, 0.25) is 15.1 Å². The van der Waals surface area contributed by atoms with Gasteiger partial charge in [-0.1, -0.05) is 46.9 Å². The van der Waals surface area contributed by atoms with Crippen LogP contribution in [0.5, 0.6) is 0 Å². The molecule has 1 saturated heterocycles. The SMILES string of the molecule is Cc1nn(Cc2ccc(Cl)cc2Cl)c(C)c1NC(=S)N1CCN(Cc2ccc(F)cc2Cl)CC1. The van der Waals surface area contributed by atoms with Crippen LogP contribution >= 0.6 is 47.0 Å². The molecule has 2 heterocycles. The van der Waals surface area contributed by atoms with E-state index in [0.29, 0.717) is 33.3 Å². The zero-order chi connectivity index (χ0) is 24.4. The molecule has 3 aromatic rings. The molecular weight excluding hydrogens is 516 g/mol. The Balaban J connectivity index is 1.36. The van der Waals surface area contributed by atoms with E-state index >= 15 is 0 Å². The van der Waals surface area contributed by atoms with Crippen molar-refractivity contribution >= 4 is 57.8 Å². The number of rotatable bonds is 5. The molecule has 0 spiro atoms. The molecule has 0 radical (unpaired) electrons. The smallest absolute Gasteiger partial charge is 0.173 e. The van der Waals surface area contributed by atoms with Crippen LogP contribution in [0.1, 0.15) is 22.5 Å². The van der Waals surface area contributed by atoms with Gasteiger partial charge in [0, 0.05) is 47.8 Å². The lowest BCUT2D eigenvalue weighted by Gasteiger charge is -2.36. The Morgan fingerprint density at radius 1 is 0.971 bits per heavy atom. The minimum Gasteiger partial charge on any atom is -0.346 e. The van der Waals surface area contributed by atoms with E-state index in [0.717, 1.165) is 54.4 Å². The van der Waals surface area contributed by atoms with Crippen molar-refractivity contribution in [3.05, 3.63) is 79.8 Å². The van der Waals surface area contributed by atoms with Gasteiger partial charge in [-0.3, -0.25) is 9.58 Å². The summed E-state index contributed by atoms with van der Waals surface area (Å²) >= 11 is 24.3. The standard InChI is InChI=1S/C24H25Cl3FN5S/c1-15-23(16(2)33(30-15)14-18-3-5-19(25)11-21(18)26)29-24(34)32-9-7-31(8-10-32)13-17-4-6-20(28)12-22(17)27/h3-6,11-12H,7-10,13-14H2,1-2H3,(H,29,34). The Hall–Kier alpha value is -1.90. The quantitative estimate of drug-likeness (QED) is 0.392. The molecule has 0 amide bonds. The van der Waals surface area contributed by atoms with Crippen molar-refractivity contribution in [3.8, 4) is 0 Å². The maximum absolute atomic E-state index is 13.3. The first-order valence-corrected chi connectivity index (χ1v) is 12.5. The molecule has 1 aliphatic heterocycles. The summed E-state index contributed by atoms with van der Waals surface area (Å²) in [4.78, 5) is 4.45. The van der Waals surface area contributed by atoms with Crippen molar-refractivity contribution in [1.29, 1.82) is 0 Å². The molecule has 5 nitrogen and oxygen atoms in total. The fraction of sp³-hybridized carbons (Fsp3) is 0.333. The number of halogens is 4. The van der Waals surface area contributed by atoms with Gasteiger partial charge >= 0.3 is 0 Å². The molecule has 10 heteroatoms. The zero-order valence-electron chi connectivity index (χ0n) is 18.9. The molecule has 1 N–H and O–H groups in total. The Bertz CT molecular complexity index is 1210. The van der Waals surface area contributed by atoms with Crippen molar-refractivity contribution in [2.24, 2.45) is 0 Å². The fourth-order valence-corrected chi connectivity index (χ4v) is 5.01. The second-order valence-corrected chi connectivity index (χ2v) is 10.0. The fourth-order valence-electron chi connectivity index (χ4n) is 4.03. The molecule has 0 unspecified atom stereocenters. The van der Waals surface area contributed by atoms with Crippen LogP contribution in [0.25, 0.3) is 0 Å². The van der Waals surface area contributed by atoms with E-state index in [9.17, 15) is 4.39 Å². The number of anilines is 1. The number of thiocarbonyl (C=S) groups is 1. The van der Waals surface area contributed by atoms with Crippen LogP contribution in [-0.2, 0) is 13.1 Å². The maximum atomic E-state index is 13.3. The largest absolute Gasteiger partial charge is 0.346 e. The van der Waals surface area contributed by atoms with Gasteiger partial charge in [0.2, 0.25) is 0 Å². The second kappa shape index (κ2) is 10.8. The summed E-state index contributed by atoms with van der Waals surface area (Å²) in [6.45, 7) is 8.45. The Labute approximate surface area is 219 Å². The number of nitrogens with one attached hydrogen (secondary N) is 1. The van der Waals surface area contributed by atoms with E-state index < -0.39 is 0 Å². The number of benzene rings is 2. The van der Waals surface area contributed by atoms with Crippen LogP contribution < -0.4 is 5.32 Å². The molecule has 4 rings (SSSR count). The molecule has 2 aromatic carbocycles. The van der Waals surface area contributed by atoms with Crippen LogP contribution in [0.3, 0.4) is 0 Å². The molecule has 0 bridgehead atoms. The van der Waals surface area contributed by atoms with E-state index in [1.807, 2.05) is 30.7 Å². The van der Waals surface area contributed by atoms with Crippen molar-refractivity contribution in [1.82, 2.24) is 19.6 Å². The lowest BCUT2D eigenvalue weighted by molar-refractivity contribution is 0.177. The highest BCUT2D eigenvalue weighted by Crippen LogP contribution is 2.26. The normalized spacial score (nSPS) is 14.5. The maximum Gasteiger partial charge on any atom is 0.173 e. The highest BCUT2D eigenvalue weighted by molar-refractivity contribution is 7.80. The lowest BCUT2D eigenvalue weighted by atomic mass is 10.2. The summed E-state index contributed by atoms with van der Waals surface area (Å²) in [7, 11) is 0. The van der Waals surface area contributed by atoms with E-state index in [4.69, 9.17) is 47.0 Å². The molecular formula is C24H25Cl3FN5S. The first-order chi connectivity index (χ1) is 16.2. The number of hydrogen-bond acceptors (Lipinski definition) is 3. The summed E-state index contributed by atoms with van der Waals surface area (Å²) < 4.78 is 15.2. The number of aryl methyl sites for hydroxylation is 1. The summed E-state index contributed by atoms with van der Waals surface area (Å²) in [5.74, 6) is -0.319. The highest BCUT2D eigenvalue weighted by atomic mass is 35.5. The Morgan fingerprint density at radius 2 is 1.62 bits per heavy atom. The molecule has 0 aliphatic carbocycles. The van der Waals surface area contributed by atoms with E-state index in [1.54, 1.807) is 12.1 Å². The summed E-state index contributed by atoms with van der Waals surface area (Å²) in [6, 6.07) is 10.0. The van der Waals surface area contributed by atoms with Crippen molar-refractivity contribution < 1.29 is 4.39 Å². The van der Waals surface area contributed by atoms with Gasteiger partial charge < -0.3 is 10.2 Å². The highest BCUT2D eigenvalue weighted by Gasteiger charge is 2.22.